The number of nitrogens with two attached hydrogens (primary N) is 1. The Hall–Kier alpha value is -1.22. The minimum Gasteiger partial charge on any atom is -0.395 e. The largest absolute Gasteiger partial charge is 0.395 e. The lowest BCUT2D eigenvalue weighted by atomic mass is 9.95. The Morgan fingerprint density at radius 3 is 2.70 bits per heavy atom. The molecule has 0 aliphatic carbocycles. The molecule has 0 unspecified atom stereocenters. The van der Waals surface area contributed by atoms with E-state index in [-0.39, 0.29) is 11.4 Å². The predicted octanol–water partition coefficient (Wildman–Crippen LogP) is 0.228. The average molecular weight is 304 g/mol. The second-order valence-electron chi connectivity index (χ2n) is 4.81. The fourth-order valence-electron chi connectivity index (χ4n) is 1.99. The summed E-state index contributed by atoms with van der Waals surface area (Å²) in [6, 6.07) is 3.57. The first kappa shape index (κ1) is 15.2. The number of nitrogens with one attached hydrogen (secondary N) is 1. The molecule has 4 N–H and O–H groups in total. The molecule has 0 saturated carbocycles. The standard InChI is InChI=1S/C12H17FN2O4S/c13-9-2-1-3-10(11(9)14)20(17,18)15-8-12(16)4-6-19-7-5-12/h1-3,15-16H,4-8,14H2. The Balaban J connectivity index is 2.13. The molecule has 0 spiro atoms. The van der Waals surface area contributed by atoms with Crippen LogP contribution in [0.25, 0.3) is 0 Å². The number of hydrogen-bond acceptors (Lipinski definition) is 5. The van der Waals surface area contributed by atoms with Crippen LogP contribution in [0.1, 0.15) is 12.8 Å². The maximum atomic E-state index is 13.3. The van der Waals surface area contributed by atoms with Gasteiger partial charge in [0.1, 0.15) is 10.7 Å². The highest BCUT2D eigenvalue weighted by Crippen LogP contribution is 2.23. The summed E-state index contributed by atoms with van der Waals surface area (Å²) in [5.41, 5.74) is 3.86. The molecule has 0 amide bonds. The fraction of sp³-hybridized carbons (Fsp3) is 0.500. The van der Waals surface area contributed by atoms with Crippen molar-refractivity contribution >= 4 is 15.7 Å². The molecule has 20 heavy (non-hydrogen) atoms. The highest BCUT2D eigenvalue weighted by molar-refractivity contribution is 7.89. The van der Waals surface area contributed by atoms with E-state index in [1.54, 1.807) is 0 Å². The first-order chi connectivity index (χ1) is 9.34. The summed E-state index contributed by atoms with van der Waals surface area (Å²) in [5, 5.41) is 10.2. The smallest absolute Gasteiger partial charge is 0.242 e. The molecule has 6 nitrogen and oxygen atoms in total. The maximum absolute atomic E-state index is 13.3. The molecule has 0 aromatic heterocycles. The van der Waals surface area contributed by atoms with Gasteiger partial charge in [-0.2, -0.15) is 0 Å². The summed E-state index contributed by atoms with van der Waals surface area (Å²) >= 11 is 0. The van der Waals surface area contributed by atoms with E-state index < -0.39 is 27.1 Å². The quantitative estimate of drug-likeness (QED) is 0.691. The van der Waals surface area contributed by atoms with Gasteiger partial charge < -0.3 is 15.6 Å². The number of hydrogen-bond donors (Lipinski definition) is 3. The summed E-state index contributed by atoms with van der Waals surface area (Å²) < 4.78 is 44.9. The fourth-order valence-corrected chi connectivity index (χ4v) is 3.25. The van der Waals surface area contributed by atoms with Crippen molar-refractivity contribution in [3.63, 3.8) is 0 Å². The lowest BCUT2D eigenvalue weighted by Gasteiger charge is -2.32. The van der Waals surface area contributed by atoms with Crippen molar-refractivity contribution in [2.45, 2.75) is 23.3 Å². The van der Waals surface area contributed by atoms with Crippen LogP contribution < -0.4 is 10.5 Å². The van der Waals surface area contributed by atoms with E-state index in [4.69, 9.17) is 10.5 Å². The molecule has 1 aliphatic heterocycles. The molecule has 8 heteroatoms. The number of rotatable bonds is 4. The molecule has 1 heterocycles. The van der Waals surface area contributed by atoms with Crippen LogP contribution in [0.4, 0.5) is 10.1 Å². The lowest BCUT2D eigenvalue weighted by Crippen LogP contribution is -2.46. The Morgan fingerprint density at radius 1 is 1.40 bits per heavy atom. The maximum Gasteiger partial charge on any atom is 0.242 e. The van der Waals surface area contributed by atoms with Crippen molar-refractivity contribution in [1.82, 2.24) is 4.72 Å². The normalized spacial score (nSPS) is 18.9. The van der Waals surface area contributed by atoms with Gasteiger partial charge in [-0.25, -0.2) is 17.5 Å². The zero-order valence-electron chi connectivity index (χ0n) is 10.8. The van der Waals surface area contributed by atoms with Crippen LogP contribution in [0.3, 0.4) is 0 Å². The van der Waals surface area contributed by atoms with Gasteiger partial charge in [-0.15, -0.1) is 0 Å². The molecule has 0 atom stereocenters. The van der Waals surface area contributed by atoms with Crippen molar-refractivity contribution in [3.8, 4) is 0 Å². The molecule has 112 valence electrons. The van der Waals surface area contributed by atoms with Gasteiger partial charge in [0.2, 0.25) is 10.0 Å². The van der Waals surface area contributed by atoms with E-state index in [2.05, 4.69) is 4.72 Å². The Kier molecular flexibility index (Phi) is 4.28. The molecule has 2 rings (SSSR count). The third kappa shape index (κ3) is 3.26. The second kappa shape index (κ2) is 5.65. The van der Waals surface area contributed by atoms with Gasteiger partial charge in [-0.3, -0.25) is 0 Å². The van der Waals surface area contributed by atoms with Gasteiger partial charge in [0.05, 0.1) is 11.3 Å². The molecular formula is C12H17FN2O4S. The third-order valence-corrected chi connectivity index (χ3v) is 4.78. The number of sulfonamides is 1. The number of halogens is 1. The summed E-state index contributed by atoms with van der Waals surface area (Å²) in [6.45, 7) is 0.593. The minimum absolute atomic E-state index is 0.158. The Labute approximate surface area is 116 Å². The summed E-state index contributed by atoms with van der Waals surface area (Å²) in [5.74, 6) is -0.794. The van der Waals surface area contributed by atoms with Crippen molar-refractivity contribution < 1.29 is 22.7 Å². The lowest BCUT2D eigenvalue weighted by molar-refractivity contribution is -0.0588. The van der Waals surface area contributed by atoms with Crippen LogP contribution in [0, 0.1) is 5.82 Å². The van der Waals surface area contributed by atoms with Crippen LogP contribution in [-0.4, -0.2) is 38.9 Å². The second-order valence-corrected chi connectivity index (χ2v) is 6.55. The van der Waals surface area contributed by atoms with Crippen molar-refractivity contribution in [2.75, 3.05) is 25.5 Å². The zero-order chi connectivity index (χ0) is 14.8. The first-order valence-corrected chi connectivity index (χ1v) is 7.66. The SMILES string of the molecule is Nc1c(F)cccc1S(=O)(=O)NCC1(O)CCOCC1. The molecule has 1 aliphatic rings. The molecular weight excluding hydrogens is 287 g/mol. The summed E-state index contributed by atoms with van der Waals surface area (Å²) in [6.07, 6.45) is 0.683. The monoisotopic (exact) mass is 304 g/mol. The number of para-hydroxylation sites is 1. The predicted molar refractivity (Wildman–Crippen MR) is 71.0 cm³/mol. The van der Waals surface area contributed by atoms with Gasteiger partial charge in [0.25, 0.3) is 0 Å². The van der Waals surface area contributed by atoms with Crippen molar-refractivity contribution in [3.05, 3.63) is 24.0 Å². The Bertz CT molecular complexity index is 585. The minimum atomic E-state index is -3.97. The topological polar surface area (TPSA) is 102 Å². The van der Waals surface area contributed by atoms with Crippen molar-refractivity contribution in [2.24, 2.45) is 0 Å². The van der Waals surface area contributed by atoms with E-state index in [1.807, 2.05) is 0 Å². The molecule has 0 radical (unpaired) electrons. The van der Waals surface area contributed by atoms with Crippen LogP contribution in [-0.2, 0) is 14.8 Å². The molecule has 0 bridgehead atoms. The van der Waals surface area contributed by atoms with Crippen LogP contribution >= 0.6 is 0 Å². The van der Waals surface area contributed by atoms with Gasteiger partial charge >= 0.3 is 0 Å². The zero-order valence-corrected chi connectivity index (χ0v) is 11.6. The Morgan fingerprint density at radius 2 is 2.05 bits per heavy atom. The molecule has 1 saturated heterocycles. The highest BCUT2D eigenvalue weighted by Gasteiger charge is 2.32. The average Bonchev–Trinajstić information content (AvgIpc) is 2.41. The highest BCUT2D eigenvalue weighted by atomic mass is 32.2. The number of nitrogen functional groups attached to an aromatic ring is 1. The van der Waals surface area contributed by atoms with Gasteiger partial charge in [0.15, 0.2) is 0 Å². The van der Waals surface area contributed by atoms with Crippen LogP contribution in [0.5, 0.6) is 0 Å². The number of aliphatic hydroxyl groups is 1. The number of anilines is 1. The first-order valence-electron chi connectivity index (χ1n) is 6.18. The molecule has 1 fully saturated rings. The molecule has 1 aromatic carbocycles. The summed E-state index contributed by atoms with van der Waals surface area (Å²) in [7, 11) is -3.97. The third-order valence-electron chi connectivity index (χ3n) is 3.32. The van der Waals surface area contributed by atoms with E-state index in [9.17, 15) is 17.9 Å². The van der Waals surface area contributed by atoms with E-state index in [0.717, 1.165) is 6.07 Å². The number of benzene rings is 1. The summed E-state index contributed by atoms with van der Waals surface area (Å²) in [4.78, 5) is -0.326. The van der Waals surface area contributed by atoms with Gasteiger partial charge in [0, 0.05) is 32.6 Å². The van der Waals surface area contributed by atoms with Crippen molar-refractivity contribution in [1.29, 1.82) is 0 Å². The molecule has 1 aromatic rings. The van der Waals surface area contributed by atoms with E-state index in [0.29, 0.717) is 26.1 Å². The van der Waals surface area contributed by atoms with Crippen LogP contribution in [0.2, 0.25) is 0 Å². The van der Waals surface area contributed by atoms with E-state index >= 15 is 0 Å². The number of ether oxygens (including phenoxy) is 1. The van der Waals surface area contributed by atoms with E-state index in [1.165, 1.54) is 12.1 Å². The van der Waals surface area contributed by atoms with Gasteiger partial charge in [-0.1, -0.05) is 6.07 Å². The van der Waals surface area contributed by atoms with Crippen LogP contribution in [0.15, 0.2) is 23.1 Å². The van der Waals surface area contributed by atoms with Gasteiger partial charge in [-0.05, 0) is 12.1 Å².